The van der Waals surface area contributed by atoms with Crippen molar-refractivity contribution in [2.24, 2.45) is 11.8 Å². The zero-order valence-electron chi connectivity index (χ0n) is 20.3. The van der Waals surface area contributed by atoms with Gasteiger partial charge < -0.3 is 10.2 Å². The van der Waals surface area contributed by atoms with Gasteiger partial charge in [-0.05, 0) is 41.5 Å². The number of anilines is 1. The van der Waals surface area contributed by atoms with Gasteiger partial charge in [0.2, 0.25) is 11.8 Å². The first-order chi connectivity index (χ1) is 18.8. The Morgan fingerprint density at radius 1 is 1.02 bits per heavy atom. The molecule has 0 bridgehead atoms. The summed E-state index contributed by atoms with van der Waals surface area (Å²) in [6.07, 6.45) is -5.09. The molecular weight excluding hydrogens is 535 g/mol. The van der Waals surface area contributed by atoms with E-state index in [1.165, 1.54) is 42.5 Å². The smallest absolute Gasteiger partial charge is 0.416 e. The Kier molecular flexibility index (Phi) is 6.33. The molecule has 4 atom stereocenters. The van der Waals surface area contributed by atoms with E-state index in [1.807, 2.05) is 0 Å². The maximum Gasteiger partial charge on any atom is 0.416 e. The van der Waals surface area contributed by atoms with Crippen LogP contribution in [0.25, 0.3) is 0 Å². The molecular formula is C27H20F3N3O7. The highest BCUT2D eigenvalue weighted by atomic mass is 19.4. The summed E-state index contributed by atoms with van der Waals surface area (Å²) in [7, 11) is 0. The largest absolute Gasteiger partial charge is 0.508 e. The normalized spacial score (nSPS) is 24.3. The van der Waals surface area contributed by atoms with Gasteiger partial charge in [-0.2, -0.15) is 13.2 Å². The molecule has 0 aliphatic carbocycles. The van der Waals surface area contributed by atoms with E-state index in [0.717, 1.165) is 30.3 Å². The van der Waals surface area contributed by atoms with Crippen LogP contribution in [0.1, 0.15) is 22.7 Å². The number of nitrogens with one attached hydrogen (secondary N) is 1. The Morgan fingerprint density at radius 3 is 2.33 bits per heavy atom. The predicted octanol–water partition coefficient (Wildman–Crippen LogP) is 3.84. The summed E-state index contributed by atoms with van der Waals surface area (Å²) < 4.78 is 40.6. The van der Waals surface area contributed by atoms with Gasteiger partial charge in [-0.1, -0.05) is 30.3 Å². The first-order valence-electron chi connectivity index (χ1n) is 11.9. The number of nitro groups is 1. The fourth-order valence-corrected chi connectivity index (χ4v) is 5.57. The minimum absolute atomic E-state index is 0.0549. The molecule has 2 amide bonds. The minimum atomic E-state index is -4.73. The molecule has 5 rings (SSSR count). The average molecular weight is 555 g/mol. The number of phenolic OH excluding ortho intramolecular Hbond substituents is 1. The summed E-state index contributed by atoms with van der Waals surface area (Å²) in [5.41, 5.74) is -3.45. The van der Waals surface area contributed by atoms with Gasteiger partial charge in [0.25, 0.3) is 5.69 Å². The van der Waals surface area contributed by atoms with Crippen molar-refractivity contribution in [3.63, 3.8) is 0 Å². The second kappa shape index (κ2) is 9.45. The molecule has 0 aromatic heterocycles. The molecule has 40 heavy (non-hydrogen) atoms. The van der Waals surface area contributed by atoms with Gasteiger partial charge in [-0.15, -0.1) is 0 Å². The van der Waals surface area contributed by atoms with Crippen molar-refractivity contribution < 1.29 is 42.7 Å². The molecule has 2 saturated heterocycles. The van der Waals surface area contributed by atoms with Crippen LogP contribution in [0.2, 0.25) is 0 Å². The molecule has 2 heterocycles. The number of fused-ring (bicyclic) bond motifs is 1. The lowest BCUT2D eigenvalue weighted by Gasteiger charge is -2.31. The van der Waals surface area contributed by atoms with Crippen LogP contribution in [0, 0.1) is 22.0 Å². The maximum absolute atomic E-state index is 13.9. The number of aliphatic carboxylic acids is 1. The summed E-state index contributed by atoms with van der Waals surface area (Å²) >= 11 is 0. The lowest BCUT2D eigenvalue weighted by molar-refractivity contribution is -0.384. The number of halogens is 3. The molecule has 4 unspecified atom stereocenters. The van der Waals surface area contributed by atoms with Crippen LogP contribution in [0.5, 0.6) is 5.75 Å². The fourth-order valence-electron chi connectivity index (χ4n) is 5.57. The SMILES string of the molecule is O=C1C2C(c3cccc(C(F)(F)F)c3)NC(Cc3ccc(O)cc3)(C(=O)O)C2C(=O)N1c1cccc([N+](=O)[O-])c1. The van der Waals surface area contributed by atoms with Crippen LogP contribution >= 0.6 is 0 Å². The number of carboxylic acids is 1. The number of carbonyl (C=O) groups excluding carboxylic acids is 2. The van der Waals surface area contributed by atoms with Crippen LogP contribution < -0.4 is 10.2 Å². The Hall–Kier alpha value is -4.78. The van der Waals surface area contributed by atoms with Crippen molar-refractivity contribution in [2.45, 2.75) is 24.2 Å². The minimum Gasteiger partial charge on any atom is -0.508 e. The number of rotatable bonds is 6. The van der Waals surface area contributed by atoms with Gasteiger partial charge in [-0.3, -0.25) is 29.8 Å². The first-order valence-corrected chi connectivity index (χ1v) is 11.9. The average Bonchev–Trinajstić information content (AvgIpc) is 3.39. The van der Waals surface area contributed by atoms with E-state index in [-0.39, 0.29) is 23.4 Å². The first kappa shape index (κ1) is 26.8. The number of amides is 2. The molecule has 2 aliphatic rings. The second-order valence-corrected chi connectivity index (χ2v) is 9.66. The standard InChI is InChI=1S/C27H20F3N3O7/c28-27(29,30)16-4-1-3-15(11-16)22-20-21(26(31-22,25(37)38)13-14-7-9-19(34)10-8-14)24(36)32(23(20)35)17-5-2-6-18(12-17)33(39)40/h1-12,20-22,31,34H,13H2,(H,37,38). The summed E-state index contributed by atoms with van der Waals surface area (Å²) in [5.74, 6) is -6.50. The fraction of sp³-hybridized carbons (Fsp3) is 0.222. The third kappa shape index (κ3) is 4.33. The maximum atomic E-state index is 13.9. The highest BCUT2D eigenvalue weighted by Crippen LogP contribution is 2.51. The molecule has 0 spiro atoms. The number of imide groups is 1. The molecule has 206 valence electrons. The van der Waals surface area contributed by atoms with Crippen molar-refractivity contribution in [3.8, 4) is 5.75 Å². The molecule has 13 heteroatoms. The lowest BCUT2D eigenvalue weighted by Crippen LogP contribution is -2.57. The molecule has 3 aromatic carbocycles. The van der Waals surface area contributed by atoms with E-state index in [1.54, 1.807) is 0 Å². The Labute approximate surface area is 223 Å². The Balaban J connectivity index is 1.67. The number of nitro benzene ring substituents is 1. The van der Waals surface area contributed by atoms with Gasteiger partial charge in [0, 0.05) is 24.6 Å². The van der Waals surface area contributed by atoms with Crippen LogP contribution in [0.3, 0.4) is 0 Å². The summed E-state index contributed by atoms with van der Waals surface area (Å²) in [6, 6.07) is 12.9. The van der Waals surface area contributed by atoms with Crippen molar-refractivity contribution in [3.05, 3.63) is 99.6 Å². The van der Waals surface area contributed by atoms with E-state index in [4.69, 9.17) is 0 Å². The molecule has 3 N–H and O–H groups in total. The number of alkyl halides is 3. The number of carboxylic acid groups (broad SMARTS) is 1. The van der Waals surface area contributed by atoms with E-state index >= 15 is 0 Å². The number of carbonyl (C=O) groups is 3. The molecule has 10 nitrogen and oxygen atoms in total. The van der Waals surface area contributed by atoms with E-state index in [2.05, 4.69) is 5.32 Å². The van der Waals surface area contributed by atoms with Gasteiger partial charge in [0.05, 0.1) is 28.0 Å². The number of aromatic hydroxyl groups is 1. The van der Waals surface area contributed by atoms with Crippen molar-refractivity contribution in [1.82, 2.24) is 5.32 Å². The Morgan fingerprint density at radius 2 is 1.70 bits per heavy atom. The molecule has 3 aromatic rings. The highest BCUT2D eigenvalue weighted by molar-refractivity contribution is 6.24. The topological polar surface area (TPSA) is 150 Å². The highest BCUT2D eigenvalue weighted by Gasteiger charge is 2.68. The van der Waals surface area contributed by atoms with E-state index in [9.17, 15) is 47.9 Å². The number of hydrogen-bond donors (Lipinski definition) is 3. The summed E-state index contributed by atoms with van der Waals surface area (Å²) in [5, 5.41) is 34.3. The molecule has 0 radical (unpaired) electrons. The van der Waals surface area contributed by atoms with E-state index in [0.29, 0.717) is 10.5 Å². The number of non-ortho nitro benzene ring substituents is 1. The third-order valence-corrected chi connectivity index (χ3v) is 7.33. The number of nitrogens with zero attached hydrogens (tertiary/aromatic N) is 2. The van der Waals surface area contributed by atoms with Crippen LogP contribution in [0.15, 0.2) is 72.8 Å². The predicted molar refractivity (Wildman–Crippen MR) is 132 cm³/mol. The van der Waals surface area contributed by atoms with Crippen LogP contribution in [0.4, 0.5) is 24.5 Å². The van der Waals surface area contributed by atoms with Crippen LogP contribution in [-0.4, -0.2) is 38.5 Å². The summed E-state index contributed by atoms with van der Waals surface area (Å²) in [4.78, 5) is 51.8. The molecule has 0 saturated carbocycles. The zero-order valence-corrected chi connectivity index (χ0v) is 20.3. The second-order valence-electron chi connectivity index (χ2n) is 9.66. The summed E-state index contributed by atoms with van der Waals surface area (Å²) in [6.45, 7) is 0. The third-order valence-electron chi connectivity index (χ3n) is 7.33. The van der Waals surface area contributed by atoms with Crippen molar-refractivity contribution in [1.29, 1.82) is 0 Å². The van der Waals surface area contributed by atoms with Crippen molar-refractivity contribution in [2.75, 3.05) is 4.90 Å². The molecule has 2 aliphatic heterocycles. The zero-order chi connectivity index (χ0) is 29.0. The number of phenols is 1. The molecule has 2 fully saturated rings. The quantitative estimate of drug-likeness (QED) is 0.236. The van der Waals surface area contributed by atoms with E-state index < -0.39 is 63.6 Å². The number of benzene rings is 3. The number of hydrogen-bond acceptors (Lipinski definition) is 7. The van der Waals surface area contributed by atoms with Crippen molar-refractivity contribution >= 4 is 29.2 Å². The van der Waals surface area contributed by atoms with Gasteiger partial charge >= 0.3 is 12.1 Å². The lowest BCUT2D eigenvalue weighted by atomic mass is 9.76. The monoisotopic (exact) mass is 555 g/mol. The van der Waals surface area contributed by atoms with Gasteiger partial charge in [0.15, 0.2) is 0 Å². The Bertz CT molecular complexity index is 1540. The van der Waals surface area contributed by atoms with Gasteiger partial charge in [-0.25, -0.2) is 4.90 Å². The van der Waals surface area contributed by atoms with Crippen LogP contribution in [-0.2, 0) is 27.0 Å². The van der Waals surface area contributed by atoms with Gasteiger partial charge in [0.1, 0.15) is 11.3 Å².